The van der Waals surface area contributed by atoms with E-state index in [9.17, 15) is 0 Å². The van der Waals surface area contributed by atoms with Gasteiger partial charge in [-0.1, -0.05) is 51.5 Å². The molecule has 3 atom stereocenters. The molecular weight excluding hydrogens is 230 g/mol. The van der Waals surface area contributed by atoms with Crippen LogP contribution in [0.3, 0.4) is 0 Å². The normalized spacial score (nSPS) is 21.7. The zero-order chi connectivity index (χ0) is 13.7. The molecule has 0 heterocycles. The average molecular weight is 259 g/mol. The first-order chi connectivity index (χ1) is 9.27. The first-order valence-electron chi connectivity index (χ1n) is 8.09. The summed E-state index contributed by atoms with van der Waals surface area (Å²) in [6.07, 6.45) is 6.46. The van der Waals surface area contributed by atoms with Gasteiger partial charge in [0.05, 0.1) is 0 Å². The zero-order valence-electron chi connectivity index (χ0n) is 12.8. The van der Waals surface area contributed by atoms with Gasteiger partial charge in [0.25, 0.3) is 0 Å². The maximum absolute atomic E-state index is 3.83. The second kappa shape index (κ2) is 7.09. The molecular formula is C18H29N. The van der Waals surface area contributed by atoms with E-state index in [-0.39, 0.29) is 0 Å². The lowest BCUT2D eigenvalue weighted by molar-refractivity contribution is 0.296. The zero-order valence-corrected chi connectivity index (χ0v) is 12.8. The molecule has 0 aliphatic heterocycles. The van der Waals surface area contributed by atoms with Gasteiger partial charge in [0, 0.05) is 6.04 Å². The highest BCUT2D eigenvalue weighted by Crippen LogP contribution is 2.36. The molecule has 1 aromatic rings. The monoisotopic (exact) mass is 259 g/mol. The molecule has 3 unspecified atom stereocenters. The van der Waals surface area contributed by atoms with Crippen LogP contribution >= 0.6 is 0 Å². The van der Waals surface area contributed by atoms with Crippen molar-refractivity contribution in [2.75, 3.05) is 6.54 Å². The Morgan fingerprint density at radius 1 is 1.26 bits per heavy atom. The highest BCUT2D eigenvalue weighted by Gasteiger charge is 2.30. The second-order valence-electron chi connectivity index (χ2n) is 6.06. The first kappa shape index (κ1) is 14.6. The van der Waals surface area contributed by atoms with Crippen LogP contribution in [0.4, 0.5) is 0 Å². The van der Waals surface area contributed by atoms with Gasteiger partial charge in [0.15, 0.2) is 0 Å². The van der Waals surface area contributed by atoms with Crippen molar-refractivity contribution in [3.63, 3.8) is 0 Å². The van der Waals surface area contributed by atoms with Crippen LogP contribution in [0.25, 0.3) is 0 Å². The van der Waals surface area contributed by atoms with Crippen molar-refractivity contribution in [2.45, 2.75) is 64.8 Å². The summed E-state index contributed by atoms with van der Waals surface area (Å²) in [6, 6.07) is 9.74. The molecule has 1 aromatic carbocycles. The van der Waals surface area contributed by atoms with E-state index in [0.29, 0.717) is 12.0 Å². The quantitative estimate of drug-likeness (QED) is 0.792. The summed E-state index contributed by atoms with van der Waals surface area (Å²) in [6.45, 7) is 8.13. The molecule has 0 bridgehead atoms. The van der Waals surface area contributed by atoms with Crippen LogP contribution in [-0.2, 0) is 6.42 Å². The first-order valence-corrected chi connectivity index (χ1v) is 8.09. The lowest BCUT2D eigenvalue weighted by Crippen LogP contribution is -2.41. The Labute approximate surface area is 118 Å². The highest BCUT2D eigenvalue weighted by atomic mass is 14.9. The SMILES string of the molecule is CCCNC(C(C)CC)C1CCCc2ccccc21. The third-order valence-corrected chi connectivity index (χ3v) is 4.74. The lowest BCUT2D eigenvalue weighted by Gasteiger charge is -2.36. The standard InChI is InChI=1S/C18H29N/c1-4-13-19-18(14(3)5-2)17-12-8-10-15-9-6-7-11-16(15)17/h6-7,9,11,14,17-19H,4-5,8,10,12-13H2,1-3H3. The van der Waals surface area contributed by atoms with E-state index < -0.39 is 0 Å². The van der Waals surface area contributed by atoms with Gasteiger partial charge in [-0.15, -0.1) is 0 Å². The number of fused-ring (bicyclic) bond motifs is 1. The van der Waals surface area contributed by atoms with Crippen molar-refractivity contribution in [3.8, 4) is 0 Å². The van der Waals surface area contributed by atoms with Crippen LogP contribution in [0.1, 0.15) is 63.5 Å². The summed E-state index contributed by atoms with van der Waals surface area (Å²) < 4.78 is 0. The minimum absolute atomic E-state index is 0.645. The van der Waals surface area contributed by atoms with Crippen LogP contribution < -0.4 is 5.32 Å². The van der Waals surface area contributed by atoms with Gasteiger partial charge >= 0.3 is 0 Å². The maximum atomic E-state index is 3.83. The number of hydrogen-bond acceptors (Lipinski definition) is 1. The predicted octanol–water partition coefficient (Wildman–Crippen LogP) is 4.52. The lowest BCUT2D eigenvalue weighted by atomic mass is 9.74. The van der Waals surface area contributed by atoms with Crippen LogP contribution in [0, 0.1) is 5.92 Å². The Bertz CT molecular complexity index is 385. The minimum atomic E-state index is 0.645. The molecule has 0 amide bonds. The number of benzene rings is 1. The number of nitrogens with one attached hydrogen (secondary N) is 1. The molecule has 1 aliphatic carbocycles. The third-order valence-electron chi connectivity index (χ3n) is 4.74. The van der Waals surface area contributed by atoms with Crippen molar-refractivity contribution in [1.29, 1.82) is 0 Å². The molecule has 19 heavy (non-hydrogen) atoms. The van der Waals surface area contributed by atoms with Gasteiger partial charge in [-0.3, -0.25) is 0 Å². The smallest absolute Gasteiger partial charge is 0.0161 e. The molecule has 0 aromatic heterocycles. The van der Waals surface area contributed by atoms with E-state index in [1.165, 1.54) is 32.1 Å². The Balaban J connectivity index is 2.22. The van der Waals surface area contributed by atoms with Gasteiger partial charge in [0.1, 0.15) is 0 Å². The van der Waals surface area contributed by atoms with E-state index in [4.69, 9.17) is 0 Å². The third kappa shape index (κ3) is 3.39. The largest absolute Gasteiger partial charge is 0.313 e. The van der Waals surface area contributed by atoms with Gasteiger partial charge in [-0.2, -0.15) is 0 Å². The number of hydrogen-bond donors (Lipinski definition) is 1. The summed E-state index contributed by atoms with van der Waals surface area (Å²) in [4.78, 5) is 0. The molecule has 0 spiro atoms. The summed E-state index contributed by atoms with van der Waals surface area (Å²) in [5, 5.41) is 3.83. The molecule has 0 saturated heterocycles. The van der Waals surface area contributed by atoms with Crippen LogP contribution in [0.5, 0.6) is 0 Å². The topological polar surface area (TPSA) is 12.0 Å². The fourth-order valence-electron chi connectivity index (χ4n) is 3.47. The van der Waals surface area contributed by atoms with Crippen LogP contribution in [0.15, 0.2) is 24.3 Å². The molecule has 0 saturated carbocycles. The van der Waals surface area contributed by atoms with Crippen molar-refractivity contribution >= 4 is 0 Å². The molecule has 0 fully saturated rings. The van der Waals surface area contributed by atoms with E-state index in [0.717, 1.165) is 12.5 Å². The fraction of sp³-hybridized carbons (Fsp3) is 0.667. The van der Waals surface area contributed by atoms with E-state index in [1.807, 2.05) is 0 Å². The summed E-state index contributed by atoms with van der Waals surface area (Å²) in [7, 11) is 0. The van der Waals surface area contributed by atoms with Crippen molar-refractivity contribution < 1.29 is 0 Å². The molecule has 1 aliphatic rings. The molecule has 2 rings (SSSR count). The van der Waals surface area contributed by atoms with Gasteiger partial charge in [-0.05, 0) is 55.2 Å². The Hall–Kier alpha value is -0.820. The Kier molecular flexibility index (Phi) is 5.45. The van der Waals surface area contributed by atoms with Gasteiger partial charge < -0.3 is 5.32 Å². The molecule has 1 N–H and O–H groups in total. The molecule has 1 heteroatoms. The minimum Gasteiger partial charge on any atom is -0.313 e. The summed E-state index contributed by atoms with van der Waals surface area (Å²) >= 11 is 0. The predicted molar refractivity (Wildman–Crippen MR) is 83.7 cm³/mol. The summed E-state index contributed by atoms with van der Waals surface area (Å²) in [5.74, 6) is 1.47. The van der Waals surface area contributed by atoms with Crippen molar-refractivity contribution in [3.05, 3.63) is 35.4 Å². The average Bonchev–Trinajstić information content (AvgIpc) is 2.47. The second-order valence-corrected chi connectivity index (χ2v) is 6.06. The number of aryl methyl sites for hydroxylation is 1. The fourth-order valence-corrected chi connectivity index (χ4v) is 3.47. The Morgan fingerprint density at radius 3 is 2.79 bits per heavy atom. The Morgan fingerprint density at radius 2 is 2.05 bits per heavy atom. The van der Waals surface area contributed by atoms with Gasteiger partial charge in [0.2, 0.25) is 0 Å². The van der Waals surface area contributed by atoms with Crippen molar-refractivity contribution in [1.82, 2.24) is 5.32 Å². The molecule has 0 radical (unpaired) electrons. The van der Waals surface area contributed by atoms with Crippen molar-refractivity contribution in [2.24, 2.45) is 5.92 Å². The van der Waals surface area contributed by atoms with E-state index in [2.05, 4.69) is 50.4 Å². The summed E-state index contributed by atoms with van der Waals surface area (Å²) in [5.41, 5.74) is 3.20. The maximum Gasteiger partial charge on any atom is 0.0161 e. The van der Waals surface area contributed by atoms with E-state index >= 15 is 0 Å². The van der Waals surface area contributed by atoms with Crippen LogP contribution in [-0.4, -0.2) is 12.6 Å². The highest BCUT2D eigenvalue weighted by molar-refractivity contribution is 5.33. The van der Waals surface area contributed by atoms with Crippen LogP contribution in [0.2, 0.25) is 0 Å². The van der Waals surface area contributed by atoms with Gasteiger partial charge in [-0.25, -0.2) is 0 Å². The molecule has 1 nitrogen and oxygen atoms in total. The number of rotatable bonds is 6. The molecule has 106 valence electrons. The van der Waals surface area contributed by atoms with E-state index in [1.54, 1.807) is 11.1 Å².